The first kappa shape index (κ1) is 19.0. The van der Waals surface area contributed by atoms with Gasteiger partial charge in [-0.1, -0.05) is 26.7 Å². The lowest BCUT2D eigenvalue weighted by molar-refractivity contribution is -0.616. The molecule has 20 heavy (non-hydrogen) atoms. The second-order valence-corrected chi connectivity index (χ2v) is 5.86. The van der Waals surface area contributed by atoms with Gasteiger partial charge < -0.3 is 15.9 Å². The maximum atomic E-state index is 11.8. The molecule has 0 saturated heterocycles. The predicted octanol–water partition coefficient (Wildman–Crippen LogP) is -0.156. The molecule has 0 aliphatic carbocycles. The highest BCUT2D eigenvalue weighted by Gasteiger charge is 2.27. The highest BCUT2D eigenvalue weighted by Crippen LogP contribution is 2.09. The van der Waals surface area contributed by atoms with Gasteiger partial charge in [0.15, 0.2) is 0 Å². The smallest absolute Gasteiger partial charge is 0.328 e. The van der Waals surface area contributed by atoms with Crippen molar-refractivity contribution >= 4 is 11.9 Å². The van der Waals surface area contributed by atoms with Crippen LogP contribution in [0.2, 0.25) is 0 Å². The summed E-state index contributed by atoms with van der Waals surface area (Å²) in [5.74, 6) is -0.846. The van der Waals surface area contributed by atoms with Crippen LogP contribution in [0.25, 0.3) is 0 Å². The van der Waals surface area contributed by atoms with Crippen molar-refractivity contribution in [3.05, 3.63) is 0 Å². The Balaban J connectivity index is 4.19. The van der Waals surface area contributed by atoms with Crippen LogP contribution in [0.3, 0.4) is 0 Å². The third-order valence-corrected chi connectivity index (χ3v) is 3.33. The van der Waals surface area contributed by atoms with Crippen LogP contribution in [0.1, 0.15) is 52.9 Å². The minimum atomic E-state index is -1.09. The largest absolute Gasteiger partial charge is 0.481 e. The number of primary amides is 1. The molecule has 0 aromatic carbocycles. The van der Waals surface area contributed by atoms with Crippen LogP contribution in [0, 0.1) is 5.92 Å². The fourth-order valence-electron chi connectivity index (χ4n) is 2.02. The number of rotatable bonds is 10. The summed E-state index contributed by atoms with van der Waals surface area (Å²) in [6.45, 7) is 5.96. The summed E-state index contributed by atoms with van der Waals surface area (Å²) in [6.07, 6.45) is 2.83. The summed E-state index contributed by atoms with van der Waals surface area (Å²) < 4.78 is 0. The van der Waals surface area contributed by atoms with E-state index in [1.54, 1.807) is 6.92 Å². The van der Waals surface area contributed by atoms with Crippen molar-refractivity contribution in [1.29, 1.82) is 0 Å². The number of unbranched alkanes of at least 4 members (excludes halogenated alkanes) is 1. The predicted molar refractivity (Wildman–Crippen MR) is 75.9 cm³/mol. The number of aliphatic hydroxyl groups is 1. The Kier molecular flexibility index (Phi) is 9.37. The van der Waals surface area contributed by atoms with Crippen molar-refractivity contribution in [3.8, 4) is 0 Å². The Hall–Kier alpha value is -0.980. The van der Waals surface area contributed by atoms with Crippen molar-refractivity contribution in [2.45, 2.75) is 71.1 Å². The lowest BCUT2D eigenvalue weighted by atomic mass is 10.00. The molecule has 6 nitrogen and oxygen atoms in total. The first-order valence-electron chi connectivity index (χ1n) is 7.28. The molecule has 1 amide bonds. The van der Waals surface area contributed by atoms with Crippen LogP contribution in [-0.4, -0.2) is 40.3 Å². The molecule has 118 valence electrons. The molecule has 0 aliphatic heterocycles. The van der Waals surface area contributed by atoms with Crippen LogP contribution in [0.4, 0.5) is 0 Å². The van der Waals surface area contributed by atoms with Gasteiger partial charge in [-0.2, -0.15) is 0 Å². The number of hydrogen-bond donors (Lipinski definition) is 4. The summed E-state index contributed by atoms with van der Waals surface area (Å²) in [4.78, 5) is 22.3. The molecule has 0 spiro atoms. The number of carboxylic acids is 1. The van der Waals surface area contributed by atoms with Gasteiger partial charge in [0, 0.05) is 6.42 Å². The molecule has 3 unspecified atom stereocenters. The van der Waals surface area contributed by atoms with E-state index in [-0.39, 0.29) is 12.5 Å². The number of aliphatic carboxylic acids is 1. The van der Waals surface area contributed by atoms with E-state index in [1.807, 2.05) is 0 Å². The van der Waals surface area contributed by atoms with Crippen molar-refractivity contribution in [2.75, 3.05) is 0 Å². The molecule has 0 radical (unpaired) electrons. The minimum absolute atomic E-state index is 0.255. The molecule has 0 aliphatic rings. The monoisotopic (exact) mass is 289 g/mol. The van der Waals surface area contributed by atoms with Gasteiger partial charge in [-0.05, 0) is 19.3 Å². The molecule has 0 bridgehead atoms. The van der Waals surface area contributed by atoms with Crippen LogP contribution < -0.4 is 11.1 Å². The van der Waals surface area contributed by atoms with Gasteiger partial charge in [0.05, 0.1) is 6.42 Å². The number of hydrogen-bond acceptors (Lipinski definition) is 4. The Morgan fingerprint density at radius 1 is 1.15 bits per heavy atom. The SMILES string of the molecule is CC(C)CCCCC([NH2+]C(=O)C(N)CC(=O)O)C(C)O. The number of nitrogens with two attached hydrogens (primary N) is 2. The highest BCUT2D eigenvalue weighted by atomic mass is 16.4. The first-order valence-corrected chi connectivity index (χ1v) is 7.28. The molecule has 0 heterocycles. The number of quaternary nitrogens is 1. The van der Waals surface area contributed by atoms with Gasteiger partial charge in [0.1, 0.15) is 18.2 Å². The van der Waals surface area contributed by atoms with E-state index in [0.717, 1.165) is 25.7 Å². The molecular formula is C14H29N2O4+. The normalized spacial score (nSPS) is 15.9. The lowest BCUT2D eigenvalue weighted by Crippen LogP contribution is -2.97. The lowest BCUT2D eigenvalue weighted by Gasteiger charge is -2.18. The number of carboxylic acid groups (broad SMARTS) is 1. The van der Waals surface area contributed by atoms with E-state index in [1.165, 1.54) is 5.32 Å². The topological polar surface area (TPSA) is 117 Å². The Morgan fingerprint density at radius 3 is 2.15 bits per heavy atom. The van der Waals surface area contributed by atoms with Gasteiger partial charge in [0.2, 0.25) is 0 Å². The third kappa shape index (κ3) is 9.01. The molecular weight excluding hydrogens is 260 g/mol. The fraction of sp³-hybridized carbons (Fsp3) is 0.857. The van der Waals surface area contributed by atoms with E-state index < -0.39 is 24.0 Å². The summed E-state index contributed by atoms with van der Waals surface area (Å²) in [5.41, 5.74) is 5.52. The standard InChI is InChI=1S/C14H28N2O4/c1-9(2)6-4-5-7-12(10(3)17)16-14(20)11(15)8-13(18)19/h9-12,17H,4-8,15H2,1-3H3,(H,16,20)(H,18,19)/p+1. The van der Waals surface area contributed by atoms with Gasteiger partial charge in [0.25, 0.3) is 0 Å². The molecule has 0 saturated carbocycles. The van der Waals surface area contributed by atoms with Crippen LogP contribution in [0.15, 0.2) is 0 Å². The number of aliphatic hydroxyl groups excluding tert-OH is 1. The summed E-state index contributed by atoms with van der Waals surface area (Å²) in [7, 11) is 0. The second-order valence-electron chi connectivity index (χ2n) is 5.86. The molecule has 6 heteroatoms. The van der Waals surface area contributed by atoms with Gasteiger partial charge in [-0.3, -0.25) is 10.1 Å². The maximum absolute atomic E-state index is 11.8. The van der Waals surface area contributed by atoms with E-state index in [4.69, 9.17) is 10.8 Å². The Morgan fingerprint density at radius 2 is 1.70 bits per heavy atom. The zero-order valence-electron chi connectivity index (χ0n) is 12.7. The maximum Gasteiger partial charge on any atom is 0.328 e. The van der Waals surface area contributed by atoms with E-state index >= 15 is 0 Å². The number of carbonyl (C=O) groups excluding carboxylic acids is 1. The summed E-state index contributed by atoms with van der Waals surface area (Å²) in [5, 5.41) is 19.7. The number of carbonyl (C=O) groups is 2. The molecule has 0 aromatic rings. The van der Waals surface area contributed by atoms with E-state index in [9.17, 15) is 14.7 Å². The van der Waals surface area contributed by atoms with Crippen LogP contribution >= 0.6 is 0 Å². The number of amides is 1. The zero-order chi connectivity index (χ0) is 15.7. The van der Waals surface area contributed by atoms with Crippen molar-refractivity contribution in [2.24, 2.45) is 11.7 Å². The molecule has 6 N–H and O–H groups in total. The van der Waals surface area contributed by atoms with Crippen LogP contribution in [-0.2, 0) is 9.59 Å². The Labute approximate surface area is 120 Å². The molecule has 3 atom stereocenters. The molecule has 0 fully saturated rings. The zero-order valence-corrected chi connectivity index (χ0v) is 12.7. The van der Waals surface area contributed by atoms with E-state index in [0.29, 0.717) is 5.92 Å². The Bertz CT molecular complexity index is 306. The first-order chi connectivity index (χ1) is 9.23. The van der Waals surface area contributed by atoms with Crippen molar-refractivity contribution < 1.29 is 25.1 Å². The summed E-state index contributed by atoms with van der Waals surface area (Å²) in [6, 6.07) is -1.28. The third-order valence-electron chi connectivity index (χ3n) is 3.33. The van der Waals surface area contributed by atoms with Gasteiger partial charge in [-0.25, -0.2) is 4.79 Å². The minimum Gasteiger partial charge on any atom is -0.481 e. The average molecular weight is 289 g/mol. The van der Waals surface area contributed by atoms with Gasteiger partial charge >= 0.3 is 11.9 Å². The van der Waals surface area contributed by atoms with Crippen molar-refractivity contribution in [3.63, 3.8) is 0 Å². The second kappa shape index (κ2) is 9.85. The van der Waals surface area contributed by atoms with Gasteiger partial charge in [-0.15, -0.1) is 0 Å². The highest BCUT2D eigenvalue weighted by molar-refractivity contribution is 5.79. The average Bonchev–Trinajstić information content (AvgIpc) is 2.31. The quantitative estimate of drug-likeness (QED) is 0.417. The van der Waals surface area contributed by atoms with Crippen molar-refractivity contribution in [1.82, 2.24) is 0 Å². The van der Waals surface area contributed by atoms with Crippen LogP contribution in [0.5, 0.6) is 0 Å². The van der Waals surface area contributed by atoms with E-state index in [2.05, 4.69) is 13.8 Å². The fourth-order valence-corrected chi connectivity index (χ4v) is 2.02. The molecule has 0 rings (SSSR count). The summed E-state index contributed by atoms with van der Waals surface area (Å²) >= 11 is 0. The molecule has 0 aromatic heterocycles.